The van der Waals surface area contributed by atoms with Crippen molar-refractivity contribution in [2.45, 2.75) is 23.8 Å². The third-order valence-corrected chi connectivity index (χ3v) is 5.85. The van der Waals surface area contributed by atoms with E-state index < -0.39 is 10.0 Å². The van der Waals surface area contributed by atoms with E-state index >= 15 is 0 Å². The van der Waals surface area contributed by atoms with Crippen LogP contribution in [0.15, 0.2) is 41.3 Å². The predicted octanol–water partition coefficient (Wildman–Crippen LogP) is 3.32. The summed E-state index contributed by atoms with van der Waals surface area (Å²) in [6.45, 7) is 0. The zero-order chi connectivity index (χ0) is 17.3. The first-order valence-electron chi connectivity index (χ1n) is 7.47. The third kappa shape index (κ3) is 3.22. The molecule has 1 unspecified atom stereocenters. The van der Waals surface area contributed by atoms with Crippen molar-refractivity contribution in [1.82, 2.24) is 4.72 Å². The van der Waals surface area contributed by atoms with E-state index in [9.17, 15) is 8.42 Å². The first-order valence-corrected chi connectivity index (χ1v) is 9.33. The van der Waals surface area contributed by atoms with Gasteiger partial charge in [0.25, 0.3) is 0 Å². The van der Waals surface area contributed by atoms with Crippen molar-refractivity contribution in [2.24, 2.45) is 0 Å². The molecule has 0 fully saturated rings. The van der Waals surface area contributed by atoms with Crippen LogP contribution in [0.1, 0.15) is 23.6 Å². The topological polar surface area (TPSA) is 64.6 Å². The second-order valence-corrected chi connectivity index (χ2v) is 7.72. The van der Waals surface area contributed by atoms with Crippen molar-refractivity contribution in [2.75, 3.05) is 14.2 Å². The summed E-state index contributed by atoms with van der Waals surface area (Å²) in [7, 11) is -0.697. The molecule has 0 saturated carbocycles. The van der Waals surface area contributed by atoms with Gasteiger partial charge in [-0.15, -0.1) is 0 Å². The number of aryl methyl sites for hydroxylation is 1. The molecular weight excluding hydrogens is 350 g/mol. The predicted molar refractivity (Wildman–Crippen MR) is 92.4 cm³/mol. The maximum atomic E-state index is 12.7. The maximum absolute atomic E-state index is 12.7. The lowest BCUT2D eigenvalue weighted by Crippen LogP contribution is -2.27. The highest BCUT2D eigenvalue weighted by Crippen LogP contribution is 2.35. The highest BCUT2D eigenvalue weighted by molar-refractivity contribution is 7.89. The van der Waals surface area contributed by atoms with Gasteiger partial charge in [-0.2, -0.15) is 0 Å². The number of halogens is 1. The van der Waals surface area contributed by atoms with Gasteiger partial charge in [0.05, 0.1) is 19.1 Å². The number of rotatable bonds is 5. The lowest BCUT2D eigenvalue weighted by Gasteiger charge is -2.16. The highest BCUT2D eigenvalue weighted by atomic mass is 35.5. The van der Waals surface area contributed by atoms with Crippen LogP contribution in [-0.2, 0) is 16.4 Å². The molecule has 3 rings (SSSR count). The van der Waals surface area contributed by atoms with Gasteiger partial charge >= 0.3 is 0 Å². The van der Waals surface area contributed by atoms with Gasteiger partial charge in [-0.05, 0) is 48.2 Å². The molecule has 0 bridgehead atoms. The zero-order valence-electron chi connectivity index (χ0n) is 13.4. The number of benzene rings is 2. The first kappa shape index (κ1) is 17.1. The van der Waals surface area contributed by atoms with Crippen LogP contribution in [0.4, 0.5) is 0 Å². The van der Waals surface area contributed by atoms with Crippen molar-refractivity contribution < 1.29 is 17.9 Å². The fourth-order valence-electron chi connectivity index (χ4n) is 2.95. The molecule has 0 radical (unpaired) electrons. The van der Waals surface area contributed by atoms with Gasteiger partial charge in [0.1, 0.15) is 0 Å². The third-order valence-electron chi connectivity index (χ3n) is 4.15. The molecule has 1 aliphatic rings. The molecule has 1 N–H and O–H groups in total. The number of hydrogen-bond acceptors (Lipinski definition) is 4. The molecule has 0 saturated heterocycles. The minimum atomic E-state index is -3.67. The summed E-state index contributed by atoms with van der Waals surface area (Å²) >= 11 is 6.00. The Morgan fingerprint density at radius 1 is 1.08 bits per heavy atom. The molecule has 0 heterocycles. The lowest BCUT2D eigenvalue weighted by molar-refractivity contribution is 0.354. The monoisotopic (exact) mass is 367 g/mol. The quantitative estimate of drug-likeness (QED) is 0.880. The average molecular weight is 368 g/mol. The number of methoxy groups -OCH3 is 2. The normalized spacial score (nSPS) is 16.7. The van der Waals surface area contributed by atoms with E-state index in [0.717, 1.165) is 17.5 Å². The van der Waals surface area contributed by atoms with Gasteiger partial charge in [0.2, 0.25) is 10.0 Å². The molecule has 24 heavy (non-hydrogen) atoms. The summed E-state index contributed by atoms with van der Waals surface area (Å²) in [6.07, 6.45) is 1.51. The Balaban J connectivity index is 1.88. The van der Waals surface area contributed by atoms with Crippen molar-refractivity contribution in [1.29, 1.82) is 0 Å². The van der Waals surface area contributed by atoms with E-state index in [1.54, 1.807) is 12.1 Å². The van der Waals surface area contributed by atoms with E-state index in [1.165, 1.54) is 26.4 Å². The molecule has 7 heteroatoms. The summed E-state index contributed by atoms with van der Waals surface area (Å²) in [6, 6.07) is 9.84. The minimum absolute atomic E-state index is 0.141. The Morgan fingerprint density at radius 2 is 1.83 bits per heavy atom. The van der Waals surface area contributed by atoms with Gasteiger partial charge < -0.3 is 9.47 Å². The van der Waals surface area contributed by atoms with Crippen LogP contribution >= 0.6 is 11.6 Å². The van der Waals surface area contributed by atoms with Gasteiger partial charge in [0.15, 0.2) is 11.5 Å². The SMILES string of the molecule is COc1ccc(S(=O)(=O)NC2CCc3cc(Cl)ccc32)cc1OC. The molecule has 0 aromatic heterocycles. The van der Waals surface area contributed by atoms with Crippen molar-refractivity contribution >= 4 is 21.6 Å². The highest BCUT2D eigenvalue weighted by Gasteiger charge is 2.28. The van der Waals surface area contributed by atoms with Crippen LogP contribution in [-0.4, -0.2) is 22.6 Å². The molecular formula is C17H18ClNO4S. The smallest absolute Gasteiger partial charge is 0.241 e. The second-order valence-electron chi connectivity index (χ2n) is 5.57. The maximum Gasteiger partial charge on any atom is 0.241 e. The Morgan fingerprint density at radius 3 is 2.54 bits per heavy atom. The molecule has 2 aromatic carbocycles. The number of ether oxygens (including phenoxy) is 2. The van der Waals surface area contributed by atoms with Crippen LogP contribution in [0.2, 0.25) is 5.02 Å². The number of sulfonamides is 1. The van der Waals surface area contributed by atoms with E-state index in [-0.39, 0.29) is 10.9 Å². The minimum Gasteiger partial charge on any atom is -0.493 e. The Bertz CT molecular complexity index is 867. The Kier molecular flexibility index (Phi) is 4.71. The van der Waals surface area contributed by atoms with Crippen LogP contribution in [0.25, 0.3) is 0 Å². The molecule has 0 amide bonds. The van der Waals surface area contributed by atoms with Crippen LogP contribution < -0.4 is 14.2 Å². The van der Waals surface area contributed by atoms with E-state index in [1.807, 2.05) is 12.1 Å². The zero-order valence-corrected chi connectivity index (χ0v) is 14.9. The van der Waals surface area contributed by atoms with Crippen LogP contribution in [0.3, 0.4) is 0 Å². The largest absolute Gasteiger partial charge is 0.493 e. The second kappa shape index (κ2) is 6.63. The number of fused-ring (bicyclic) bond motifs is 1. The fraction of sp³-hybridized carbons (Fsp3) is 0.294. The van der Waals surface area contributed by atoms with Gasteiger partial charge in [-0.25, -0.2) is 13.1 Å². The fourth-order valence-corrected chi connectivity index (χ4v) is 4.41. The summed E-state index contributed by atoms with van der Waals surface area (Å²) in [4.78, 5) is 0.141. The van der Waals surface area contributed by atoms with Crippen LogP contribution in [0.5, 0.6) is 11.5 Å². The first-order chi connectivity index (χ1) is 11.4. The molecule has 0 aliphatic heterocycles. The molecule has 1 atom stereocenters. The van der Waals surface area contributed by atoms with E-state index in [2.05, 4.69) is 4.72 Å². The van der Waals surface area contributed by atoms with Gasteiger partial charge in [0, 0.05) is 17.1 Å². The molecule has 5 nitrogen and oxygen atoms in total. The van der Waals surface area contributed by atoms with Gasteiger partial charge in [-0.1, -0.05) is 17.7 Å². The van der Waals surface area contributed by atoms with E-state index in [4.69, 9.17) is 21.1 Å². The van der Waals surface area contributed by atoms with E-state index in [0.29, 0.717) is 22.9 Å². The summed E-state index contributed by atoms with van der Waals surface area (Å²) in [5, 5.41) is 0.664. The number of nitrogens with one attached hydrogen (secondary N) is 1. The molecule has 2 aromatic rings. The van der Waals surface area contributed by atoms with Crippen LogP contribution in [0, 0.1) is 0 Å². The Labute approximate surface area is 146 Å². The van der Waals surface area contributed by atoms with Crippen molar-refractivity contribution in [3.63, 3.8) is 0 Å². The summed E-state index contributed by atoms with van der Waals surface area (Å²) in [5.41, 5.74) is 2.06. The summed E-state index contributed by atoms with van der Waals surface area (Å²) in [5.74, 6) is 0.858. The molecule has 0 spiro atoms. The Hall–Kier alpha value is -1.76. The molecule has 1 aliphatic carbocycles. The average Bonchev–Trinajstić information content (AvgIpc) is 2.95. The summed E-state index contributed by atoms with van der Waals surface area (Å²) < 4.78 is 38.5. The lowest BCUT2D eigenvalue weighted by atomic mass is 10.1. The van der Waals surface area contributed by atoms with Crippen molar-refractivity contribution in [3.05, 3.63) is 52.5 Å². The standard InChI is InChI=1S/C17H18ClNO4S/c1-22-16-8-5-13(10-17(16)23-2)24(20,21)19-15-7-3-11-9-12(18)4-6-14(11)15/h4-6,8-10,15,19H,3,7H2,1-2H3. The number of hydrogen-bond donors (Lipinski definition) is 1. The van der Waals surface area contributed by atoms with Gasteiger partial charge in [-0.3, -0.25) is 0 Å². The van der Waals surface area contributed by atoms with Crippen molar-refractivity contribution in [3.8, 4) is 11.5 Å². The molecule has 128 valence electrons.